The molecule has 0 atom stereocenters. The molecule has 0 aliphatic carbocycles. The molecule has 64 heavy (non-hydrogen) atoms. The van der Waals surface area contributed by atoms with Crippen LogP contribution in [0.2, 0.25) is 0 Å². The average molecular weight is 944 g/mol. The van der Waals surface area contributed by atoms with Crippen molar-refractivity contribution in [1.29, 1.82) is 0 Å². The van der Waals surface area contributed by atoms with Crippen molar-refractivity contribution < 1.29 is 42.0 Å². The van der Waals surface area contributed by atoms with E-state index in [1.54, 1.807) is 55.5 Å². The van der Waals surface area contributed by atoms with Crippen molar-refractivity contribution in [1.82, 2.24) is 5.32 Å². The summed E-state index contributed by atoms with van der Waals surface area (Å²) in [6.07, 6.45) is 3.36. The lowest BCUT2D eigenvalue weighted by atomic mass is 9.76. The zero-order valence-electron chi connectivity index (χ0n) is 36.8. The summed E-state index contributed by atoms with van der Waals surface area (Å²) in [6, 6.07) is 25.2. The number of phenolic OH excluding ortho intramolecular Hbond substituents is 2. The number of nitrogens with zero attached hydrogens (tertiary/aromatic N) is 2. The van der Waals surface area contributed by atoms with Crippen LogP contribution in [-0.4, -0.2) is 46.8 Å². The molecule has 0 aliphatic heterocycles. The van der Waals surface area contributed by atoms with Gasteiger partial charge in [-0.25, -0.2) is 0 Å². The highest BCUT2D eigenvalue weighted by molar-refractivity contribution is 8.53. The topological polar surface area (TPSA) is 187 Å². The van der Waals surface area contributed by atoms with Gasteiger partial charge in [-0.05, 0) is 137 Å². The lowest BCUT2D eigenvalue weighted by Crippen LogP contribution is -2.25. The molecule has 0 spiro atoms. The summed E-state index contributed by atoms with van der Waals surface area (Å²) >= 11 is 10.3. The zero-order valence-corrected chi connectivity index (χ0v) is 40.0. The molecule has 0 unspecified atom stereocenters. The first-order chi connectivity index (χ1) is 30.1. The molecule has 12 nitrogen and oxygen atoms in total. The van der Waals surface area contributed by atoms with Crippen LogP contribution in [0.3, 0.4) is 0 Å². The first-order valence-corrected chi connectivity index (χ1v) is 25.7. The highest BCUT2D eigenvalue weighted by Crippen LogP contribution is 2.44. The van der Waals surface area contributed by atoms with E-state index in [4.69, 9.17) is 31.8 Å². The first kappa shape index (κ1) is 48.2. The van der Waals surface area contributed by atoms with Crippen LogP contribution >= 0.6 is 0 Å². The third-order valence-corrected chi connectivity index (χ3v) is 14.6. The number of amides is 1. The lowest BCUT2D eigenvalue weighted by molar-refractivity contribution is 0.0949. The Morgan fingerprint density at radius 2 is 1.45 bits per heavy atom. The number of carbonyl (C=O) groups excluding carboxylic acids is 1. The molecule has 6 aromatic carbocycles. The number of carbonyl (C=O) groups is 1. The minimum absolute atomic E-state index is 0.0536. The Kier molecular flexibility index (Phi) is 14.4. The molecule has 16 heteroatoms. The number of aryl methyl sites for hydroxylation is 1. The number of aromatic hydroxyl groups is 2. The van der Waals surface area contributed by atoms with Gasteiger partial charge in [-0.3, -0.25) is 9.35 Å². The van der Waals surface area contributed by atoms with Gasteiger partial charge < -0.3 is 29.6 Å². The monoisotopic (exact) mass is 943 g/mol. The first-order valence-electron chi connectivity index (χ1n) is 20.8. The van der Waals surface area contributed by atoms with E-state index in [0.29, 0.717) is 59.5 Å². The van der Waals surface area contributed by atoms with E-state index in [-0.39, 0.29) is 43.5 Å². The summed E-state index contributed by atoms with van der Waals surface area (Å²) in [5.74, 6) is 0.539. The average Bonchev–Trinajstić information content (AvgIpc) is 3.24. The zero-order chi connectivity index (χ0) is 46.8. The van der Waals surface area contributed by atoms with E-state index in [9.17, 15) is 32.5 Å². The number of ether oxygens (including phenoxy) is 2. The van der Waals surface area contributed by atoms with E-state index in [1.807, 2.05) is 0 Å². The summed E-state index contributed by atoms with van der Waals surface area (Å²) in [5.41, 5.74) is 2.99. The summed E-state index contributed by atoms with van der Waals surface area (Å²) in [6.45, 7) is 15.8. The van der Waals surface area contributed by atoms with Crippen LogP contribution in [0.1, 0.15) is 94.3 Å². The standard InChI is InChI=1S/C48H53N3O9S4/c1-8-47(4,5)31-16-21-39(38(27-31)48(6,7)9-2)59-23-13-12-22-49-46(54)37-28-40(35-14-10-11-15-36(35)44(37)52)60-33-19-17-32(18-20-33)50-51-43-41(64(58,61)62)26-30-25-34(63(55,56)57)24-29(3)42(30)45(43)53/h10-11,14-21,24-28,52-53H,8-9,12-13,22-23H2,1-7H3,(H,49,54)(H,55,56,57)(H,58,61,62). The van der Waals surface area contributed by atoms with E-state index in [1.165, 1.54) is 29.3 Å². The van der Waals surface area contributed by atoms with Crippen molar-refractivity contribution in [2.75, 3.05) is 13.2 Å². The maximum absolute atomic E-state index is 13.5. The van der Waals surface area contributed by atoms with Crippen LogP contribution < -0.4 is 14.8 Å². The van der Waals surface area contributed by atoms with Gasteiger partial charge in [0.25, 0.3) is 16.0 Å². The second-order valence-electron chi connectivity index (χ2n) is 17.0. The van der Waals surface area contributed by atoms with Crippen LogP contribution in [0.4, 0.5) is 11.4 Å². The molecule has 6 rings (SSSR count). The molecule has 0 aliphatic rings. The van der Waals surface area contributed by atoms with Gasteiger partial charge in [0.15, 0.2) is 5.75 Å². The third kappa shape index (κ3) is 10.6. The van der Waals surface area contributed by atoms with Crippen molar-refractivity contribution in [3.63, 3.8) is 0 Å². The molecule has 0 saturated heterocycles. The molecule has 5 N–H and O–H groups in total. The predicted octanol–water partition coefficient (Wildman–Crippen LogP) is 12.0. The summed E-state index contributed by atoms with van der Waals surface area (Å²) < 4.78 is 56.6. The molecular formula is C48H53N3O9S4. The van der Waals surface area contributed by atoms with Gasteiger partial charge in [-0.2, -0.15) is 13.5 Å². The molecule has 338 valence electrons. The van der Waals surface area contributed by atoms with Gasteiger partial charge in [0.1, 0.15) is 28.7 Å². The van der Waals surface area contributed by atoms with Crippen LogP contribution in [0.15, 0.2) is 111 Å². The van der Waals surface area contributed by atoms with Crippen molar-refractivity contribution in [2.45, 2.75) is 94.8 Å². The minimum Gasteiger partial charge on any atom is -0.506 e. The van der Waals surface area contributed by atoms with Crippen molar-refractivity contribution >= 4 is 78.7 Å². The van der Waals surface area contributed by atoms with Gasteiger partial charge in [-0.15, -0.1) is 5.11 Å². The Morgan fingerprint density at radius 1 is 0.781 bits per heavy atom. The maximum Gasteiger partial charge on any atom is 0.294 e. The largest absolute Gasteiger partial charge is 0.506 e. The Bertz CT molecular complexity index is 3010. The number of fused-ring (bicyclic) bond motifs is 2. The Hall–Kier alpha value is -5.23. The Labute approximate surface area is 384 Å². The fraction of sp³-hybridized carbons (Fsp3) is 0.312. The van der Waals surface area contributed by atoms with Crippen molar-refractivity contribution in [2.24, 2.45) is 10.2 Å². The van der Waals surface area contributed by atoms with Crippen LogP contribution in [0.5, 0.6) is 28.7 Å². The number of rotatable bonds is 17. The number of nitrogens with one attached hydrogen (secondary N) is 1. The lowest BCUT2D eigenvalue weighted by Gasteiger charge is -2.30. The van der Waals surface area contributed by atoms with Crippen molar-refractivity contribution in [3.8, 4) is 28.7 Å². The van der Waals surface area contributed by atoms with Crippen LogP contribution in [-0.2, 0) is 50.8 Å². The number of hydrogen-bond acceptors (Lipinski definition) is 11. The second kappa shape index (κ2) is 19.1. The summed E-state index contributed by atoms with van der Waals surface area (Å²) in [4.78, 5) is 13.0. The smallest absolute Gasteiger partial charge is 0.294 e. The van der Waals surface area contributed by atoms with Gasteiger partial charge in [-0.1, -0.05) is 77.9 Å². The highest BCUT2D eigenvalue weighted by Gasteiger charge is 2.27. The van der Waals surface area contributed by atoms with Gasteiger partial charge in [0.05, 0.1) is 27.6 Å². The predicted molar refractivity (Wildman–Crippen MR) is 260 cm³/mol. The van der Waals surface area contributed by atoms with Crippen molar-refractivity contribution in [3.05, 3.63) is 113 Å². The summed E-state index contributed by atoms with van der Waals surface area (Å²) in [7, 11) is -7.92. The molecule has 0 heterocycles. The molecule has 0 saturated carbocycles. The van der Waals surface area contributed by atoms with E-state index >= 15 is 0 Å². The fourth-order valence-corrected chi connectivity index (χ4v) is 9.23. The van der Waals surface area contributed by atoms with Gasteiger partial charge in [0, 0.05) is 35.7 Å². The van der Waals surface area contributed by atoms with E-state index < -0.39 is 34.1 Å². The molecule has 0 bridgehead atoms. The fourth-order valence-electron chi connectivity index (χ4n) is 7.21. The SMILES string of the molecule is CCC(C)(C)c1ccc(OCCCCNC(=O)c2cc(Oc3ccc(N=Nc4c(S(O)(=S)=S)cc5cc(S(=O)(=O)O)cc(C)c5c4O)cc3)c3ccccc3c2O)c(C(C)(C)CC)c1. The van der Waals surface area contributed by atoms with Gasteiger partial charge in [0.2, 0.25) is 0 Å². The molecule has 0 radical (unpaired) electrons. The Morgan fingerprint density at radius 3 is 2.09 bits per heavy atom. The second-order valence-corrected chi connectivity index (χ2v) is 23.3. The van der Waals surface area contributed by atoms with Crippen LogP contribution in [0.25, 0.3) is 21.5 Å². The molecule has 6 aromatic rings. The normalized spacial score (nSPS) is 12.6. The van der Waals surface area contributed by atoms with E-state index in [0.717, 1.165) is 24.7 Å². The van der Waals surface area contributed by atoms with E-state index in [2.05, 4.69) is 75.3 Å². The Balaban J connectivity index is 1.15. The highest BCUT2D eigenvalue weighted by atomic mass is 33.1. The molecular weight excluding hydrogens is 891 g/mol. The number of unbranched alkanes of at least 4 members (excludes halogenated alkanes) is 1. The van der Waals surface area contributed by atoms with Gasteiger partial charge >= 0.3 is 0 Å². The maximum atomic E-state index is 13.5. The number of hydrogen-bond donors (Lipinski definition) is 5. The van der Waals surface area contributed by atoms with Crippen LogP contribution in [0, 0.1) is 6.92 Å². The number of benzene rings is 6. The molecule has 1 amide bonds. The third-order valence-electron chi connectivity index (χ3n) is 11.8. The summed E-state index contributed by atoms with van der Waals surface area (Å²) in [5, 5.41) is 35.3. The molecule has 0 aromatic heterocycles. The minimum atomic E-state index is -4.57. The number of phenols is 2. The number of azo groups is 1. The quantitative estimate of drug-likeness (QED) is 0.0333. The molecule has 0 fully saturated rings.